The van der Waals surface area contributed by atoms with Gasteiger partial charge < -0.3 is 5.32 Å². The third-order valence-electron chi connectivity index (χ3n) is 2.10. The standard InChI is InChI=1S/C12H12F3NO.H2/c1-2-3-11(17)16-8-9-4-6-10(7-5-9)12(13,14)15;/h2,4-7H,1,3,8H2,(H,16,17);1H. The molecule has 0 heterocycles. The van der Waals surface area contributed by atoms with Gasteiger partial charge in [0, 0.05) is 14.4 Å². The number of alkyl halides is 3. The van der Waals surface area contributed by atoms with Gasteiger partial charge in [-0.2, -0.15) is 13.2 Å². The Morgan fingerprint density at radius 1 is 1.35 bits per heavy atom. The number of hydrogen-bond donors (Lipinski definition) is 1. The second-order valence-electron chi connectivity index (χ2n) is 3.46. The van der Waals surface area contributed by atoms with Crippen LogP contribution in [0.15, 0.2) is 36.9 Å². The van der Waals surface area contributed by atoms with E-state index in [1.807, 2.05) is 0 Å². The van der Waals surface area contributed by atoms with E-state index in [1.54, 1.807) is 0 Å². The molecule has 0 atom stereocenters. The van der Waals surface area contributed by atoms with E-state index in [9.17, 15) is 18.0 Å². The van der Waals surface area contributed by atoms with Gasteiger partial charge in [0.2, 0.25) is 5.91 Å². The first kappa shape index (κ1) is 13.3. The highest BCUT2D eigenvalue weighted by molar-refractivity contribution is 5.77. The minimum Gasteiger partial charge on any atom is -0.352 e. The summed E-state index contributed by atoms with van der Waals surface area (Å²) in [6, 6.07) is 4.68. The molecule has 0 radical (unpaired) electrons. The van der Waals surface area contributed by atoms with Crippen LogP contribution in [0.3, 0.4) is 0 Å². The van der Waals surface area contributed by atoms with Crippen LogP contribution in [0.2, 0.25) is 0 Å². The molecule has 0 saturated carbocycles. The maximum atomic E-state index is 12.3. The minimum atomic E-state index is -4.33. The lowest BCUT2D eigenvalue weighted by molar-refractivity contribution is -0.137. The van der Waals surface area contributed by atoms with Crippen LogP contribution < -0.4 is 5.32 Å². The van der Waals surface area contributed by atoms with Crippen molar-refractivity contribution < 1.29 is 19.4 Å². The molecular weight excluding hydrogens is 231 g/mol. The van der Waals surface area contributed by atoms with Crippen LogP contribution >= 0.6 is 0 Å². The SMILES string of the molecule is C=CCC(=O)NCc1ccc(C(F)(F)F)cc1.[HH]. The van der Waals surface area contributed by atoms with Crippen LogP contribution in [0.4, 0.5) is 13.2 Å². The first-order valence-electron chi connectivity index (χ1n) is 4.97. The van der Waals surface area contributed by atoms with Gasteiger partial charge in [0.25, 0.3) is 0 Å². The third kappa shape index (κ3) is 4.30. The molecule has 1 N–H and O–H groups in total. The zero-order chi connectivity index (χ0) is 12.9. The molecule has 0 aromatic heterocycles. The summed E-state index contributed by atoms with van der Waals surface area (Å²) in [5.41, 5.74) is -0.0749. The van der Waals surface area contributed by atoms with Crippen LogP contribution in [0, 0.1) is 0 Å². The highest BCUT2D eigenvalue weighted by Gasteiger charge is 2.29. The van der Waals surface area contributed by atoms with Crippen molar-refractivity contribution in [3.8, 4) is 0 Å². The fourth-order valence-corrected chi connectivity index (χ4v) is 1.22. The number of rotatable bonds is 4. The molecule has 17 heavy (non-hydrogen) atoms. The molecule has 0 aliphatic heterocycles. The highest BCUT2D eigenvalue weighted by Crippen LogP contribution is 2.28. The summed E-state index contributed by atoms with van der Waals surface area (Å²) in [7, 11) is 0. The van der Waals surface area contributed by atoms with Crippen LogP contribution in [-0.2, 0) is 17.5 Å². The number of carbonyl (C=O) groups excluding carboxylic acids is 1. The molecule has 1 amide bonds. The molecule has 0 spiro atoms. The molecule has 0 aliphatic carbocycles. The molecule has 0 unspecified atom stereocenters. The van der Waals surface area contributed by atoms with Crippen LogP contribution in [0.25, 0.3) is 0 Å². The second kappa shape index (κ2) is 5.52. The average Bonchev–Trinajstić information content (AvgIpc) is 2.26. The summed E-state index contributed by atoms with van der Waals surface area (Å²) in [5.74, 6) is -0.208. The van der Waals surface area contributed by atoms with Gasteiger partial charge in [-0.1, -0.05) is 18.2 Å². The summed E-state index contributed by atoms with van der Waals surface area (Å²) < 4.78 is 36.8. The summed E-state index contributed by atoms with van der Waals surface area (Å²) in [5, 5.41) is 2.57. The van der Waals surface area contributed by atoms with Gasteiger partial charge in [-0.25, -0.2) is 0 Å². The van der Waals surface area contributed by atoms with Crippen molar-refractivity contribution in [2.45, 2.75) is 19.1 Å². The fourth-order valence-electron chi connectivity index (χ4n) is 1.22. The molecular formula is C12H14F3NO. The molecule has 1 rings (SSSR count). The van der Waals surface area contributed by atoms with Crippen molar-refractivity contribution in [3.63, 3.8) is 0 Å². The number of halogens is 3. The van der Waals surface area contributed by atoms with Crippen molar-refractivity contribution in [1.82, 2.24) is 5.32 Å². The molecule has 0 fully saturated rings. The van der Waals surface area contributed by atoms with Crippen molar-refractivity contribution in [2.75, 3.05) is 0 Å². The van der Waals surface area contributed by atoms with Gasteiger partial charge in [0.1, 0.15) is 0 Å². The number of amides is 1. The molecule has 1 aromatic rings. The summed E-state index contributed by atoms with van der Waals surface area (Å²) in [6.07, 6.45) is -2.67. The first-order valence-corrected chi connectivity index (χ1v) is 4.97. The van der Waals surface area contributed by atoms with E-state index >= 15 is 0 Å². The van der Waals surface area contributed by atoms with Crippen molar-refractivity contribution in [2.24, 2.45) is 0 Å². The van der Waals surface area contributed by atoms with Crippen molar-refractivity contribution in [1.29, 1.82) is 0 Å². The monoisotopic (exact) mass is 245 g/mol. The quantitative estimate of drug-likeness (QED) is 0.811. The van der Waals surface area contributed by atoms with E-state index in [4.69, 9.17) is 0 Å². The van der Waals surface area contributed by atoms with Crippen molar-refractivity contribution >= 4 is 5.91 Å². The van der Waals surface area contributed by atoms with E-state index in [0.29, 0.717) is 5.56 Å². The van der Waals surface area contributed by atoms with Gasteiger partial charge in [-0.15, -0.1) is 6.58 Å². The largest absolute Gasteiger partial charge is 0.416 e. The van der Waals surface area contributed by atoms with E-state index in [0.717, 1.165) is 12.1 Å². The summed E-state index contributed by atoms with van der Waals surface area (Å²) >= 11 is 0. The van der Waals surface area contributed by atoms with Gasteiger partial charge in [0.05, 0.1) is 5.56 Å². The maximum Gasteiger partial charge on any atom is 0.416 e. The number of hydrogen-bond acceptors (Lipinski definition) is 1. The molecule has 0 aliphatic rings. The third-order valence-corrected chi connectivity index (χ3v) is 2.10. The van der Waals surface area contributed by atoms with E-state index in [-0.39, 0.29) is 20.3 Å². The molecule has 2 nitrogen and oxygen atoms in total. The lowest BCUT2D eigenvalue weighted by atomic mass is 10.1. The van der Waals surface area contributed by atoms with Crippen molar-refractivity contribution in [3.05, 3.63) is 48.0 Å². The van der Waals surface area contributed by atoms with E-state index in [1.165, 1.54) is 18.2 Å². The lowest BCUT2D eigenvalue weighted by Gasteiger charge is -2.08. The summed E-state index contributed by atoms with van der Waals surface area (Å²) in [6.45, 7) is 3.62. The van der Waals surface area contributed by atoms with Crippen LogP contribution in [0.5, 0.6) is 0 Å². The van der Waals surface area contributed by atoms with E-state index < -0.39 is 11.7 Å². The predicted octanol–water partition coefficient (Wildman–Crippen LogP) is 3.14. The molecule has 94 valence electrons. The Kier molecular flexibility index (Phi) is 4.31. The van der Waals surface area contributed by atoms with Gasteiger partial charge in [-0.3, -0.25) is 4.79 Å². The van der Waals surface area contributed by atoms with E-state index in [2.05, 4.69) is 11.9 Å². The van der Waals surface area contributed by atoms with Gasteiger partial charge >= 0.3 is 6.18 Å². The minimum absolute atomic E-state index is 0. The van der Waals surface area contributed by atoms with Gasteiger partial charge in [-0.05, 0) is 17.7 Å². The fraction of sp³-hybridized carbons (Fsp3) is 0.250. The molecule has 1 aromatic carbocycles. The number of benzene rings is 1. The Hall–Kier alpha value is -1.78. The molecule has 5 heteroatoms. The Labute approximate surface area is 98.6 Å². The normalized spacial score (nSPS) is 11.0. The smallest absolute Gasteiger partial charge is 0.352 e. The highest BCUT2D eigenvalue weighted by atomic mass is 19.4. The lowest BCUT2D eigenvalue weighted by Crippen LogP contribution is -2.21. The molecule has 0 saturated heterocycles. The Balaban J connectivity index is 0.00000289. The Bertz CT molecular complexity index is 401. The second-order valence-corrected chi connectivity index (χ2v) is 3.46. The van der Waals surface area contributed by atoms with Crippen LogP contribution in [0.1, 0.15) is 19.0 Å². The number of nitrogens with one attached hydrogen (secondary N) is 1. The Morgan fingerprint density at radius 3 is 2.41 bits per heavy atom. The van der Waals surface area contributed by atoms with Crippen LogP contribution in [-0.4, -0.2) is 5.91 Å². The Morgan fingerprint density at radius 2 is 1.94 bits per heavy atom. The predicted molar refractivity (Wildman–Crippen MR) is 60.2 cm³/mol. The van der Waals surface area contributed by atoms with Gasteiger partial charge in [0.15, 0.2) is 0 Å². The average molecular weight is 245 g/mol. The molecule has 0 bridgehead atoms. The zero-order valence-electron chi connectivity index (χ0n) is 9.05. The topological polar surface area (TPSA) is 29.1 Å². The summed E-state index contributed by atoms with van der Waals surface area (Å²) in [4.78, 5) is 11.1. The zero-order valence-corrected chi connectivity index (χ0v) is 9.05. The maximum absolute atomic E-state index is 12.3. The first-order chi connectivity index (χ1) is 7.93. The number of carbonyl (C=O) groups is 1.